The Balaban J connectivity index is 2.14. The molecule has 1 unspecified atom stereocenters. The first kappa shape index (κ1) is 14.6. The maximum absolute atomic E-state index is 12.7. The van der Waals surface area contributed by atoms with Gasteiger partial charge in [0.1, 0.15) is 5.75 Å². The van der Waals surface area contributed by atoms with Crippen LogP contribution in [0.1, 0.15) is 32.0 Å². The van der Waals surface area contributed by atoms with E-state index in [0.29, 0.717) is 13.2 Å². The van der Waals surface area contributed by atoms with E-state index in [1.807, 2.05) is 45.0 Å². The molecule has 1 saturated heterocycles. The van der Waals surface area contributed by atoms with Gasteiger partial charge in [-0.2, -0.15) is 0 Å². The highest BCUT2D eigenvalue weighted by atomic mass is 31.2. The molecule has 0 radical (unpaired) electrons. The summed E-state index contributed by atoms with van der Waals surface area (Å²) in [7, 11) is -1.45. The van der Waals surface area contributed by atoms with Crippen molar-refractivity contribution < 1.29 is 18.3 Å². The van der Waals surface area contributed by atoms with Crippen molar-refractivity contribution in [2.24, 2.45) is 5.41 Å². The van der Waals surface area contributed by atoms with Gasteiger partial charge < -0.3 is 13.8 Å². The number of rotatable bonds is 3. The SMILES string of the molecule is COc1ccc(C(C)P2(=O)OCC(C)(C)CO2)cc1. The number of hydrogen-bond acceptors (Lipinski definition) is 4. The van der Waals surface area contributed by atoms with Crippen LogP contribution in [0, 0.1) is 5.41 Å². The molecule has 0 N–H and O–H groups in total. The molecule has 1 atom stereocenters. The minimum absolute atomic E-state index is 0.0759. The monoisotopic (exact) mass is 284 g/mol. The van der Waals surface area contributed by atoms with E-state index >= 15 is 0 Å². The molecule has 1 aliphatic rings. The summed E-state index contributed by atoms with van der Waals surface area (Å²) in [5.74, 6) is 0.779. The van der Waals surface area contributed by atoms with Gasteiger partial charge in [-0.3, -0.25) is 4.57 Å². The second-order valence-electron chi connectivity index (χ2n) is 5.70. The average Bonchev–Trinajstić information content (AvgIpc) is 2.42. The van der Waals surface area contributed by atoms with Crippen LogP contribution in [0.15, 0.2) is 24.3 Å². The van der Waals surface area contributed by atoms with E-state index in [2.05, 4.69) is 0 Å². The summed E-state index contributed by atoms with van der Waals surface area (Å²) in [4.78, 5) is 0. The third-order valence-electron chi connectivity index (χ3n) is 3.34. The zero-order chi connectivity index (χ0) is 14.1. The van der Waals surface area contributed by atoms with Gasteiger partial charge >= 0.3 is 7.60 Å². The Hall–Kier alpha value is -0.830. The maximum Gasteiger partial charge on any atom is 0.337 e. The molecular formula is C14H21O4P. The van der Waals surface area contributed by atoms with Gasteiger partial charge in [-0.15, -0.1) is 0 Å². The third kappa shape index (κ3) is 3.19. The van der Waals surface area contributed by atoms with Gasteiger partial charge in [-0.1, -0.05) is 26.0 Å². The molecule has 1 aromatic rings. The van der Waals surface area contributed by atoms with E-state index in [1.165, 1.54) is 0 Å². The van der Waals surface area contributed by atoms with E-state index < -0.39 is 7.60 Å². The topological polar surface area (TPSA) is 44.8 Å². The highest BCUT2D eigenvalue weighted by molar-refractivity contribution is 7.54. The van der Waals surface area contributed by atoms with Crippen LogP contribution >= 0.6 is 7.60 Å². The van der Waals surface area contributed by atoms with Crippen LogP contribution in [0.2, 0.25) is 0 Å². The van der Waals surface area contributed by atoms with Crippen molar-refractivity contribution in [1.82, 2.24) is 0 Å². The Morgan fingerprint density at radius 3 is 2.21 bits per heavy atom. The molecule has 1 fully saturated rings. The van der Waals surface area contributed by atoms with E-state index in [0.717, 1.165) is 11.3 Å². The van der Waals surface area contributed by atoms with Crippen LogP contribution in [0.5, 0.6) is 5.75 Å². The predicted molar refractivity (Wildman–Crippen MR) is 74.7 cm³/mol. The van der Waals surface area contributed by atoms with Crippen LogP contribution in [0.25, 0.3) is 0 Å². The zero-order valence-electron chi connectivity index (χ0n) is 11.9. The van der Waals surface area contributed by atoms with Crippen LogP contribution in [0.3, 0.4) is 0 Å². The highest BCUT2D eigenvalue weighted by Crippen LogP contribution is 2.63. The molecule has 2 rings (SSSR count). The first-order valence-electron chi connectivity index (χ1n) is 6.39. The van der Waals surface area contributed by atoms with Gasteiger partial charge in [0.25, 0.3) is 0 Å². The van der Waals surface area contributed by atoms with Crippen molar-refractivity contribution in [3.05, 3.63) is 29.8 Å². The second-order valence-corrected chi connectivity index (χ2v) is 8.07. The lowest BCUT2D eigenvalue weighted by molar-refractivity contribution is 0.0384. The van der Waals surface area contributed by atoms with E-state index in [1.54, 1.807) is 7.11 Å². The molecular weight excluding hydrogens is 263 g/mol. The Bertz CT molecular complexity index is 467. The maximum atomic E-state index is 12.7. The van der Waals surface area contributed by atoms with E-state index in [-0.39, 0.29) is 11.1 Å². The molecule has 5 heteroatoms. The molecule has 106 valence electrons. The van der Waals surface area contributed by atoms with Gasteiger partial charge in [0.2, 0.25) is 0 Å². The molecule has 4 nitrogen and oxygen atoms in total. The first-order valence-corrected chi connectivity index (χ1v) is 8.00. The summed E-state index contributed by atoms with van der Waals surface area (Å²) in [6.45, 7) is 6.87. The molecule has 1 aromatic carbocycles. The fourth-order valence-electron chi connectivity index (χ4n) is 1.90. The summed E-state index contributed by atoms with van der Waals surface area (Å²) < 4.78 is 28.9. The first-order chi connectivity index (χ1) is 8.86. The minimum atomic E-state index is -3.07. The van der Waals surface area contributed by atoms with Gasteiger partial charge in [0.05, 0.1) is 26.0 Å². The standard InChI is InChI=1S/C14H21O4P/c1-11(12-5-7-13(16-4)8-6-12)19(15)17-9-14(2,3)10-18-19/h5-8,11H,9-10H2,1-4H3. The number of ether oxygens (including phenoxy) is 1. The Kier molecular flexibility index (Phi) is 4.05. The number of methoxy groups -OCH3 is 1. The van der Waals surface area contributed by atoms with Crippen molar-refractivity contribution >= 4 is 7.60 Å². The Morgan fingerprint density at radius 2 is 1.74 bits per heavy atom. The van der Waals surface area contributed by atoms with Crippen LogP contribution in [-0.4, -0.2) is 20.3 Å². The molecule has 0 saturated carbocycles. The summed E-state index contributed by atoms with van der Waals surface area (Å²) >= 11 is 0. The molecule has 19 heavy (non-hydrogen) atoms. The van der Waals surface area contributed by atoms with Gasteiger partial charge in [-0.05, 0) is 24.6 Å². The van der Waals surface area contributed by atoms with Crippen molar-refractivity contribution in [3.63, 3.8) is 0 Å². The fraction of sp³-hybridized carbons (Fsp3) is 0.571. The van der Waals surface area contributed by atoms with Crippen LogP contribution in [-0.2, 0) is 13.6 Å². The van der Waals surface area contributed by atoms with E-state index in [9.17, 15) is 4.57 Å². The smallest absolute Gasteiger partial charge is 0.337 e. The highest BCUT2D eigenvalue weighted by Gasteiger charge is 2.41. The van der Waals surface area contributed by atoms with E-state index in [4.69, 9.17) is 13.8 Å². The zero-order valence-corrected chi connectivity index (χ0v) is 12.8. The second kappa shape index (κ2) is 5.28. The quantitative estimate of drug-likeness (QED) is 0.786. The van der Waals surface area contributed by atoms with Gasteiger partial charge in [0, 0.05) is 5.41 Å². The molecule has 1 heterocycles. The van der Waals surface area contributed by atoms with Gasteiger partial charge in [0.15, 0.2) is 0 Å². The molecule has 0 amide bonds. The normalized spacial score (nSPS) is 22.7. The lowest BCUT2D eigenvalue weighted by atomic mass is 9.97. The lowest BCUT2D eigenvalue weighted by Gasteiger charge is -2.36. The number of benzene rings is 1. The summed E-state index contributed by atoms with van der Waals surface area (Å²) in [5.41, 5.74) is 0.589. The molecule has 0 bridgehead atoms. The Labute approximate surface area is 114 Å². The molecule has 0 spiro atoms. The summed E-state index contributed by atoms with van der Waals surface area (Å²) in [5, 5.41) is 0. The van der Waals surface area contributed by atoms with Crippen LogP contribution < -0.4 is 4.74 Å². The summed E-state index contributed by atoms with van der Waals surface area (Å²) in [6, 6.07) is 7.50. The van der Waals surface area contributed by atoms with Crippen molar-refractivity contribution in [2.45, 2.75) is 26.4 Å². The minimum Gasteiger partial charge on any atom is -0.497 e. The lowest BCUT2D eigenvalue weighted by Crippen LogP contribution is -2.30. The van der Waals surface area contributed by atoms with Crippen LogP contribution in [0.4, 0.5) is 0 Å². The van der Waals surface area contributed by atoms with Crippen molar-refractivity contribution in [3.8, 4) is 5.75 Å². The summed E-state index contributed by atoms with van der Waals surface area (Å²) in [6.07, 6.45) is 0. The molecule has 0 aromatic heterocycles. The van der Waals surface area contributed by atoms with Crippen molar-refractivity contribution in [2.75, 3.05) is 20.3 Å². The largest absolute Gasteiger partial charge is 0.497 e. The number of hydrogen-bond donors (Lipinski definition) is 0. The molecule has 1 aliphatic heterocycles. The van der Waals surface area contributed by atoms with Gasteiger partial charge in [-0.25, -0.2) is 0 Å². The fourth-order valence-corrected chi connectivity index (χ4v) is 4.01. The Morgan fingerprint density at radius 1 is 1.21 bits per heavy atom. The average molecular weight is 284 g/mol. The van der Waals surface area contributed by atoms with Crippen molar-refractivity contribution in [1.29, 1.82) is 0 Å². The molecule has 0 aliphatic carbocycles. The predicted octanol–water partition coefficient (Wildman–Crippen LogP) is 4.02. The third-order valence-corrected chi connectivity index (χ3v) is 5.57.